The summed E-state index contributed by atoms with van der Waals surface area (Å²) in [6.07, 6.45) is 6.16. The summed E-state index contributed by atoms with van der Waals surface area (Å²) in [6.45, 7) is 11.6. The quantitative estimate of drug-likeness (QED) is 0.147. The number of aryl methyl sites for hydroxylation is 2. The first kappa shape index (κ1) is 33.0. The van der Waals surface area contributed by atoms with Crippen molar-refractivity contribution in [1.82, 2.24) is 0 Å². The molecule has 0 nitrogen and oxygen atoms in total. The minimum absolute atomic E-state index is 0. The van der Waals surface area contributed by atoms with E-state index in [4.69, 9.17) is 0 Å². The predicted octanol–water partition coefficient (Wildman–Crippen LogP) is 2.15. The van der Waals surface area contributed by atoms with Gasteiger partial charge in [0.25, 0.3) is 0 Å². The number of fused-ring (bicyclic) bond motifs is 2. The molecule has 0 atom stereocenters. The Kier molecular flexibility index (Phi) is 19.9. The maximum absolute atomic E-state index is 3.61. The second-order valence-corrected chi connectivity index (χ2v) is 8.24. The van der Waals surface area contributed by atoms with Crippen LogP contribution in [0.4, 0.5) is 0 Å². The van der Waals surface area contributed by atoms with Gasteiger partial charge in [-0.25, -0.2) is 0 Å². The molecule has 0 saturated carbocycles. The Morgan fingerprint density at radius 3 is 1.41 bits per heavy atom. The average Bonchev–Trinajstić information content (AvgIpc) is 3.38. The maximum atomic E-state index is 3.61. The topological polar surface area (TPSA) is 0 Å². The molecule has 4 heteroatoms. The van der Waals surface area contributed by atoms with Crippen LogP contribution in [0.2, 0.25) is 12.1 Å². The average molecular weight is 559 g/mol. The molecule has 2 radical (unpaired) electrons. The van der Waals surface area contributed by atoms with Crippen LogP contribution in [0.25, 0.3) is 21.5 Å². The molecular weight excluding hydrogens is 527 g/mol. The molecule has 0 spiro atoms. The standard InChI is InChI=1S/2C11H11.C6H10Si.2ClH.Zr/c2*1-2-9-7-10-5-3-4-6-11(10)8-9;1-3-5-7-6-4-2;;;/h2*3-8H,2H2,1H3;3-4H,1-2,5-6H2;2*1H;/q2*-1;;;;+4/p-2. The zero-order valence-corrected chi connectivity index (χ0v) is 24.1. The second-order valence-electron chi connectivity index (χ2n) is 6.93. The molecule has 0 bridgehead atoms. The van der Waals surface area contributed by atoms with Crippen LogP contribution in [0.15, 0.2) is 98.1 Å². The molecule has 0 unspecified atom stereocenters. The van der Waals surface area contributed by atoms with Crippen LogP contribution in [0.5, 0.6) is 0 Å². The monoisotopic (exact) mass is 556 g/mol. The van der Waals surface area contributed by atoms with Crippen LogP contribution in [0.1, 0.15) is 25.0 Å². The maximum Gasteiger partial charge on any atom is 4.00 e. The van der Waals surface area contributed by atoms with Gasteiger partial charge < -0.3 is 24.8 Å². The number of allylic oxidation sites excluding steroid dienone is 2. The number of hydrogen-bond donors (Lipinski definition) is 0. The first-order valence-corrected chi connectivity index (χ1v) is 11.8. The summed E-state index contributed by atoms with van der Waals surface area (Å²) in [5.41, 5.74) is 2.87. The summed E-state index contributed by atoms with van der Waals surface area (Å²) in [6, 6.07) is 28.3. The smallest absolute Gasteiger partial charge is 1.00 e. The van der Waals surface area contributed by atoms with E-state index in [2.05, 4.69) is 99.8 Å². The Morgan fingerprint density at radius 1 is 0.719 bits per heavy atom. The molecular formula is C28H32Cl2SiZr. The van der Waals surface area contributed by atoms with Crippen molar-refractivity contribution in [2.75, 3.05) is 0 Å². The Bertz CT molecular complexity index is 868. The summed E-state index contributed by atoms with van der Waals surface area (Å²) in [4.78, 5) is 0. The van der Waals surface area contributed by atoms with Crippen LogP contribution in [-0.2, 0) is 39.0 Å². The Hall–Kier alpha value is -1.18. The van der Waals surface area contributed by atoms with Gasteiger partial charge in [-0.3, -0.25) is 0 Å². The third-order valence-electron chi connectivity index (χ3n) is 4.75. The molecule has 32 heavy (non-hydrogen) atoms. The summed E-state index contributed by atoms with van der Waals surface area (Å²) >= 11 is 0. The van der Waals surface area contributed by atoms with Gasteiger partial charge in [-0.1, -0.05) is 38.1 Å². The summed E-state index contributed by atoms with van der Waals surface area (Å²) < 4.78 is 0. The van der Waals surface area contributed by atoms with Gasteiger partial charge in [0.1, 0.15) is 0 Å². The van der Waals surface area contributed by atoms with Crippen molar-refractivity contribution in [2.24, 2.45) is 0 Å². The van der Waals surface area contributed by atoms with E-state index in [0.29, 0.717) is 0 Å². The van der Waals surface area contributed by atoms with Gasteiger partial charge in [-0.2, -0.15) is 12.1 Å². The molecule has 4 aromatic carbocycles. The van der Waals surface area contributed by atoms with Gasteiger partial charge in [0, 0.05) is 9.52 Å². The van der Waals surface area contributed by atoms with Crippen LogP contribution in [0.3, 0.4) is 0 Å². The van der Waals surface area contributed by atoms with E-state index in [-0.39, 0.29) is 51.0 Å². The third kappa shape index (κ3) is 11.1. The van der Waals surface area contributed by atoms with Crippen molar-refractivity contribution in [2.45, 2.75) is 38.8 Å². The van der Waals surface area contributed by atoms with Crippen LogP contribution in [-0.4, -0.2) is 9.52 Å². The zero-order valence-electron chi connectivity index (χ0n) is 19.1. The van der Waals surface area contributed by atoms with Gasteiger partial charge in [0.05, 0.1) is 0 Å². The Labute approximate surface area is 228 Å². The first-order chi connectivity index (χ1) is 14.2. The third-order valence-corrected chi connectivity index (χ3v) is 5.90. The molecule has 4 aromatic rings. The fourth-order valence-electron chi connectivity index (χ4n) is 3.13. The van der Waals surface area contributed by atoms with Crippen LogP contribution in [0, 0.1) is 0 Å². The number of benzene rings is 2. The minimum atomic E-state index is 0. The molecule has 0 amide bonds. The van der Waals surface area contributed by atoms with E-state index in [1.807, 2.05) is 12.2 Å². The van der Waals surface area contributed by atoms with E-state index in [0.717, 1.165) is 34.4 Å². The molecule has 0 heterocycles. The molecule has 0 fully saturated rings. The van der Waals surface area contributed by atoms with Gasteiger partial charge in [-0.05, 0) is 24.9 Å². The van der Waals surface area contributed by atoms with Crippen molar-refractivity contribution >= 4 is 31.1 Å². The fraction of sp³-hybridized carbons (Fsp3) is 0.214. The van der Waals surface area contributed by atoms with Crippen LogP contribution >= 0.6 is 0 Å². The minimum Gasteiger partial charge on any atom is -1.00 e. The Morgan fingerprint density at radius 2 is 1.09 bits per heavy atom. The summed E-state index contributed by atoms with van der Waals surface area (Å²) in [5, 5.41) is 5.46. The molecule has 166 valence electrons. The number of hydrogen-bond acceptors (Lipinski definition) is 0. The van der Waals surface area contributed by atoms with E-state index >= 15 is 0 Å². The van der Waals surface area contributed by atoms with Gasteiger partial charge in [0.2, 0.25) is 0 Å². The van der Waals surface area contributed by atoms with Gasteiger partial charge in [-0.15, -0.1) is 94.4 Å². The second kappa shape index (κ2) is 19.3. The molecule has 0 aromatic heterocycles. The van der Waals surface area contributed by atoms with Gasteiger partial charge in [0.15, 0.2) is 0 Å². The summed E-state index contributed by atoms with van der Waals surface area (Å²) in [7, 11) is 0.996. The van der Waals surface area contributed by atoms with Crippen LogP contribution < -0.4 is 24.8 Å². The van der Waals surface area contributed by atoms with E-state index in [1.165, 1.54) is 32.7 Å². The SMILES string of the molecule is C=CC[Si]CC=C.CCc1cc2ccccc2[cH-]1.CCc1cc2ccccc2[cH-]1.[Cl-].[Cl-].[Zr+4]. The normalized spacial score (nSPS) is 9.06. The van der Waals surface area contributed by atoms with Crippen molar-refractivity contribution < 1.29 is 51.0 Å². The summed E-state index contributed by atoms with van der Waals surface area (Å²) in [5.74, 6) is 0. The molecule has 0 aliphatic carbocycles. The fourth-order valence-corrected chi connectivity index (χ4v) is 3.70. The predicted molar refractivity (Wildman–Crippen MR) is 134 cm³/mol. The Balaban J connectivity index is 0. The van der Waals surface area contributed by atoms with E-state index in [9.17, 15) is 0 Å². The molecule has 0 aliphatic heterocycles. The molecule has 0 aliphatic rings. The van der Waals surface area contributed by atoms with Crippen molar-refractivity contribution in [3.8, 4) is 0 Å². The number of halogens is 2. The van der Waals surface area contributed by atoms with Gasteiger partial charge >= 0.3 is 26.2 Å². The molecule has 0 N–H and O–H groups in total. The molecule has 0 saturated heterocycles. The first-order valence-electron chi connectivity index (χ1n) is 10.4. The van der Waals surface area contributed by atoms with Crippen molar-refractivity contribution in [3.63, 3.8) is 0 Å². The number of rotatable bonds is 6. The molecule has 4 rings (SSSR count). The van der Waals surface area contributed by atoms with Crippen molar-refractivity contribution in [3.05, 3.63) is 109 Å². The zero-order chi connectivity index (χ0) is 20.9. The van der Waals surface area contributed by atoms with E-state index in [1.54, 1.807) is 0 Å². The largest absolute Gasteiger partial charge is 4.00 e. The van der Waals surface area contributed by atoms with E-state index < -0.39 is 0 Å². The van der Waals surface area contributed by atoms with Crippen molar-refractivity contribution in [1.29, 1.82) is 0 Å².